The van der Waals surface area contributed by atoms with Gasteiger partial charge in [-0.15, -0.1) is 5.10 Å². The molecular weight excluding hydrogens is 431 g/mol. The van der Waals surface area contributed by atoms with E-state index in [1.165, 1.54) is 10.6 Å². The molecule has 0 atom stereocenters. The molecule has 0 aliphatic heterocycles. The van der Waals surface area contributed by atoms with Crippen molar-refractivity contribution in [3.63, 3.8) is 0 Å². The van der Waals surface area contributed by atoms with E-state index >= 15 is 4.39 Å². The van der Waals surface area contributed by atoms with Gasteiger partial charge in [0.15, 0.2) is 11.6 Å². The number of ether oxygens (including phenoxy) is 1. The molecule has 0 aliphatic rings. The van der Waals surface area contributed by atoms with E-state index in [1.807, 2.05) is 51.1 Å². The Balaban J connectivity index is 1.73. The standard InChI is InChI=1S/C24H24ClFN4O2/c1-4-29-23(14-32-13-16-8-6-5-7-9-16)28-30(24(29)31)21-10-18-17(15(2)3)11-22(25)27-20(18)12-19(21)26/h5-12,15H,4,13-14H2,1-3H3. The summed E-state index contributed by atoms with van der Waals surface area (Å²) in [5, 5.41) is 5.44. The third-order valence-corrected chi connectivity index (χ3v) is 5.52. The molecule has 2 aromatic heterocycles. The molecule has 8 heteroatoms. The maximum atomic E-state index is 15.0. The van der Waals surface area contributed by atoms with Gasteiger partial charge in [-0.2, -0.15) is 4.68 Å². The third-order valence-electron chi connectivity index (χ3n) is 5.33. The van der Waals surface area contributed by atoms with E-state index in [0.717, 1.165) is 21.2 Å². The Bertz CT molecular complexity index is 1320. The second kappa shape index (κ2) is 9.22. The van der Waals surface area contributed by atoms with Crippen LogP contribution in [0.25, 0.3) is 16.6 Å². The molecule has 166 valence electrons. The first kappa shape index (κ1) is 22.2. The van der Waals surface area contributed by atoms with Crippen LogP contribution in [0.3, 0.4) is 0 Å². The maximum absolute atomic E-state index is 15.0. The molecular formula is C24H24ClFN4O2. The van der Waals surface area contributed by atoms with Crippen LogP contribution >= 0.6 is 11.6 Å². The van der Waals surface area contributed by atoms with Crippen LogP contribution in [0.1, 0.15) is 43.6 Å². The smallest absolute Gasteiger partial charge is 0.350 e. The number of pyridine rings is 1. The average molecular weight is 455 g/mol. The molecule has 0 spiro atoms. The highest BCUT2D eigenvalue weighted by Gasteiger charge is 2.19. The zero-order chi connectivity index (χ0) is 22.8. The summed E-state index contributed by atoms with van der Waals surface area (Å²) < 4.78 is 23.4. The molecule has 32 heavy (non-hydrogen) atoms. The lowest BCUT2D eigenvalue weighted by Crippen LogP contribution is -2.24. The van der Waals surface area contributed by atoms with Crippen molar-refractivity contribution in [3.8, 4) is 5.69 Å². The second-order valence-corrected chi connectivity index (χ2v) is 8.23. The van der Waals surface area contributed by atoms with Crippen LogP contribution in [0.4, 0.5) is 4.39 Å². The van der Waals surface area contributed by atoms with Gasteiger partial charge in [-0.25, -0.2) is 14.2 Å². The molecule has 0 amide bonds. The van der Waals surface area contributed by atoms with Crippen LogP contribution in [0.2, 0.25) is 5.15 Å². The first-order chi connectivity index (χ1) is 15.4. The molecule has 4 rings (SSSR count). The van der Waals surface area contributed by atoms with Gasteiger partial charge in [0.2, 0.25) is 0 Å². The Hall–Kier alpha value is -3.03. The van der Waals surface area contributed by atoms with E-state index in [-0.39, 0.29) is 18.2 Å². The molecule has 6 nitrogen and oxygen atoms in total. The van der Waals surface area contributed by atoms with Crippen LogP contribution in [0, 0.1) is 5.82 Å². The number of fused-ring (bicyclic) bond motifs is 1. The largest absolute Gasteiger partial charge is 0.369 e. The summed E-state index contributed by atoms with van der Waals surface area (Å²) in [5.74, 6) is -0.0176. The fourth-order valence-electron chi connectivity index (χ4n) is 3.72. The molecule has 0 fully saturated rings. The summed E-state index contributed by atoms with van der Waals surface area (Å²) in [4.78, 5) is 17.3. The van der Waals surface area contributed by atoms with Crippen LogP contribution in [-0.4, -0.2) is 19.3 Å². The maximum Gasteiger partial charge on any atom is 0.350 e. The minimum absolute atomic E-state index is 0.0741. The number of nitrogens with zero attached hydrogens (tertiary/aromatic N) is 4. The Morgan fingerprint density at radius 1 is 1.12 bits per heavy atom. The van der Waals surface area contributed by atoms with Gasteiger partial charge in [0, 0.05) is 18.0 Å². The summed E-state index contributed by atoms with van der Waals surface area (Å²) in [6.45, 7) is 6.80. The van der Waals surface area contributed by atoms with E-state index in [4.69, 9.17) is 16.3 Å². The van der Waals surface area contributed by atoms with Crippen LogP contribution in [0.15, 0.2) is 53.3 Å². The molecule has 0 saturated carbocycles. The lowest BCUT2D eigenvalue weighted by atomic mass is 9.98. The van der Waals surface area contributed by atoms with Gasteiger partial charge in [-0.1, -0.05) is 55.8 Å². The summed E-state index contributed by atoms with van der Waals surface area (Å²) >= 11 is 6.12. The highest BCUT2D eigenvalue weighted by Crippen LogP contribution is 2.30. The first-order valence-electron chi connectivity index (χ1n) is 10.5. The molecule has 2 aromatic carbocycles. The fraction of sp³-hybridized carbons (Fsp3) is 0.292. The molecule has 2 heterocycles. The topological polar surface area (TPSA) is 61.9 Å². The van der Waals surface area contributed by atoms with Crippen LogP contribution in [-0.2, 0) is 24.5 Å². The number of hydrogen-bond acceptors (Lipinski definition) is 4. The normalized spacial score (nSPS) is 11.6. The van der Waals surface area contributed by atoms with E-state index < -0.39 is 11.5 Å². The minimum Gasteiger partial charge on any atom is -0.369 e. The van der Waals surface area contributed by atoms with Crippen molar-refractivity contribution in [2.75, 3.05) is 0 Å². The van der Waals surface area contributed by atoms with Crippen LogP contribution < -0.4 is 5.69 Å². The summed E-state index contributed by atoms with van der Waals surface area (Å²) in [5.41, 5.74) is 2.04. The number of aromatic nitrogens is 4. The van der Waals surface area contributed by atoms with Gasteiger partial charge in [-0.3, -0.25) is 4.57 Å². The van der Waals surface area contributed by atoms with E-state index in [2.05, 4.69) is 10.1 Å². The minimum atomic E-state index is -0.596. The van der Waals surface area contributed by atoms with Gasteiger partial charge in [0.1, 0.15) is 17.4 Å². The van der Waals surface area contributed by atoms with Crippen molar-refractivity contribution >= 4 is 22.5 Å². The zero-order valence-corrected chi connectivity index (χ0v) is 18.9. The average Bonchev–Trinajstić information content (AvgIpc) is 3.08. The lowest BCUT2D eigenvalue weighted by Gasteiger charge is -2.12. The number of benzene rings is 2. The van der Waals surface area contributed by atoms with Gasteiger partial charge >= 0.3 is 5.69 Å². The molecule has 0 radical (unpaired) electrons. The molecule has 0 N–H and O–H groups in total. The van der Waals surface area contributed by atoms with Crippen LogP contribution in [0.5, 0.6) is 0 Å². The zero-order valence-electron chi connectivity index (χ0n) is 18.2. The van der Waals surface area contributed by atoms with Crippen molar-refractivity contribution in [1.82, 2.24) is 19.3 Å². The van der Waals surface area contributed by atoms with Crippen molar-refractivity contribution in [2.45, 2.75) is 46.4 Å². The molecule has 0 bridgehead atoms. The summed E-state index contributed by atoms with van der Waals surface area (Å²) in [7, 11) is 0. The third kappa shape index (κ3) is 4.31. The van der Waals surface area contributed by atoms with E-state index in [0.29, 0.717) is 29.6 Å². The van der Waals surface area contributed by atoms with Gasteiger partial charge in [0.25, 0.3) is 0 Å². The summed E-state index contributed by atoms with van der Waals surface area (Å²) in [6, 6.07) is 14.4. The fourth-order valence-corrected chi connectivity index (χ4v) is 3.93. The SMILES string of the molecule is CCn1c(COCc2ccccc2)nn(-c2cc3c(C(C)C)cc(Cl)nc3cc2F)c1=O. The molecule has 0 saturated heterocycles. The quantitative estimate of drug-likeness (QED) is 0.358. The highest BCUT2D eigenvalue weighted by molar-refractivity contribution is 6.30. The van der Waals surface area contributed by atoms with E-state index in [9.17, 15) is 4.79 Å². The Kier molecular flexibility index (Phi) is 6.39. The van der Waals surface area contributed by atoms with Crippen molar-refractivity contribution in [3.05, 3.63) is 86.9 Å². The molecule has 0 unspecified atom stereocenters. The second-order valence-electron chi connectivity index (χ2n) is 7.84. The monoisotopic (exact) mass is 454 g/mol. The molecule has 4 aromatic rings. The van der Waals surface area contributed by atoms with Crippen molar-refractivity contribution in [1.29, 1.82) is 0 Å². The van der Waals surface area contributed by atoms with E-state index in [1.54, 1.807) is 12.1 Å². The highest BCUT2D eigenvalue weighted by atomic mass is 35.5. The Morgan fingerprint density at radius 2 is 1.88 bits per heavy atom. The van der Waals surface area contributed by atoms with Gasteiger partial charge in [0.05, 0.1) is 12.1 Å². The van der Waals surface area contributed by atoms with Gasteiger partial charge < -0.3 is 4.74 Å². The number of hydrogen-bond donors (Lipinski definition) is 0. The Morgan fingerprint density at radius 3 is 2.56 bits per heavy atom. The Labute approximate surface area is 190 Å². The number of rotatable bonds is 7. The van der Waals surface area contributed by atoms with Crippen molar-refractivity contribution < 1.29 is 9.13 Å². The van der Waals surface area contributed by atoms with Gasteiger partial charge in [-0.05, 0) is 36.1 Å². The summed E-state index contributed by atoms with van der Waals surface area (Å²) in [6.07, 6.45) is 0. The van der Waals surface area contributed by atoms with Crippen molar-refractivity contribution in [2.24, 2.45) is 0 Å². The molecule has 0 aliphatic carbocycles. The number of halogens is 2. The predicted octanol–water partition coefficient (Wildman–Crippen LogP) is 5.23. The predicted molar refractivity (Wildman–Crippen MR) is 123 cm³/mol. The first-order valence-corrected chi connectivity index (χ1v) is 10.9. The lowest BCUT2D eigenvalue weighted by molar-refractivity contribution is 0.0989.